The molecule has 0 aromatic carbocycles. The molecule has 0 saturated carbocycles. The maximum absolute atomic E-state index is 15.2. The Morgan fingerprint density at radius 1 is 0.611 bits per heavy atom. The summed E-state index contributed by atoms with van der Waals surface area (Å²) in [5.41, 5.74) is -2.05. The fourth-order valence-electron chi connectivity index (χ4n) is 7.65. The van der Waals surface area contributed by atoms with E-state index in [-0.39, 0.29) is 11.8 Å². The van der Waals surface area contributed by atoms with E-state index in [1.807, 2.05) is 11.8 Å². The van der Waals surface area contributed by atoms with E-state index in [1.54, 1.807) is 5.01 Å². The van der Waals surface area contributed by atoms with Gasteiger partial charge < -0.3 is 10.1 Å². The molecule has 202 valence electrons. The normalized spacial score (nSPS) is 37.3. The first-order valence-corrected chi connectivity index (χ1v) is 15.4. The molecule has 2 amide bonds. The van der Waals surface area contributed by atoms with Crippen molar-refractivity contribution >= 4 is 23.6 Å². The molecule has 11 heteroatoms. The number of hydrogen-bond acceptors (Lipinski definition) is 10. The van der Waals surface area contributed by atoms with E-state index in [9.17, 15) is 0 Å². The highest BCUT2D eigenvalue weighted by atomic mass is 32.2. The van der Waals surface area contributed by atoms with Crippen LogP contribution in [0.2, 0.25) is 0 Å². The average Bonchev–Trinajstić information content (AvgIpc) is 3.54. The van der Waals surface area contributed by atoms with Gasteiger partial charge in [0.05, 0.1) is 13.2 Å². The molecule has 6 saturated heterocycles. The summed E-state index contributed by atoms with van der Waals surface area (Å²) in [7, 11) is 0. The first-order chi connectivity index (χ1) is 17.7. The minimum absolute atomic E-state index is 0.00270. The number of nitrogens with zero attached hydrogens (tertiary/aromatic N) is 6. The Bertz CT molecular complexity index is 707. The topological polar surface area (TPSA) is 74.8 Å². The molecule has 2 unspecified atom stereocenters. The molecule has 0 aromatic heterocycles. The van der Waals surface area contributed by atoms with Gasteiger partial charge in [0.25, 0.3) is 11.8 Å². The lowest BCUT2D eigenvalue weighted by Crippen LogP contribution is -2.86. The lowest BCUT2D eigenvalue weighted by atomic mass is 9.84. The lowest BCUT2D eigenvalue weighted by molar-refractivity contribution is -0.218. The van der Waals surface area contributed by atoms with Crippen molar-refractivity contribution < 1.29 is 14.3 Å². The number of piperazine rings is 1. The smallest absolute Gasteiger partial charge is 0.283 e. The van der Waals surface area contributed by atoms with Gasteiger partial charge in [-0.25, -0.2) is 10.0 Å². The molecule has 2 atom stereocenters. The van der Waals surface area contributed by atoms with Crippen LogP contribution in [0.4, 0.5) is 0 Å². The molecule has 6 heterocycles. The van der Waals surface area contributed by atoms with Crippen molar-refractivity contribution in [1.29, 1.82) is 0 Å². The van der Waals surface area contributed by atoms with Crippen LogP contribution in [0, 0.1) is 0 Å². The summed E-state index contributed by atoms with van der Waals surface area (Å²) in [4.78, 5) is 40.1. The molecular weight excluding hydrogens is 478 g/mol. The van der Waals surface area contributed by atoms with Gasteiger partial charge in [0.1, 0.15) is 0 Å². The number of hydrogen-bond donors (Lipinski definition) is 1. The number of amides is 2. The number of piperidine rings is 1. The van der Waals surface area contributed by atoms with E-state index in [0.29, 0.717) is 26.3 Å². The highest BCUT2D eigenvalue weighted by Crippen LogP contribution is 2.50. The van der Waals surface area contributed by atoms with Crippen molar-refractivity contribution in [3.05, 3.63) is 0 Å². The van der Waals surface area contributed by atoms with Crippen LogP contribution in [0.15, 0.2) is 0 Å². The molecule has 6 aliphatic rings. The van der Waals surface area contributed by atoms with E-state index in [4.69, 9.17) is 4.74 Å². The second-order valence-corrected chi connectivity index (χ2v) is 12.1. The highest BCUT2D eigenvalue weighted by molar-refractivity contribution is 7.99. The molecule has 0 aliphatic carbocycles. The van der Waals surface area contributed by atoms with Crippen LogP contribution in [0.25, 0.3) is 0 Å². The largest absolute Gasteiger partial charge is 0.379 e. The quantitative estimate of drug-likeness (QED) is 0.480. The van der Waals surface area contributed by atoms with Crippen LogP contribution in [-0.2, 0) is 14.3 Å². The van der Waals surface area contributed by atoms with Crippen LogP contribution in [-0.4, -0.2) is 156 Å². The van der Waals surface area contributed by atoms with Gasteiger partial charge in [0, 0.05) is 90.0 Å². The van der Waals surface area contributed by atoms with Crippen molar-refractivity contribution in [3.63, 3.8) is 0 Å². The number of imide groups is 1. The maximum atomic E-state index is 15.2. The van der Waals surface area contributed by atoms with Crippen LogP contribution in [0.3, 0.4) is 0 Å². The molecule has 0 spiro atoms. The fourth-order valence-corrected chi connectivity index (χ4v) is 8.55. The van der Waals surface area contributed by atoms with Crippen molar-refractivity contribution in [3.8, 4) is 0 Å². The Kier molecular flexibility index (Phi) is 7.62. The van der Waals surface area contributed by atoms with Crippen molar-refractivity contribution in [2.24, 2.45) is 0 Å². The number of likely N-dealkylation sites (tertiary alicyclic amines) is 1. The third-order valence-electron chi connectivity index (χ3n) is 9.16. The average molecular weight is 522 g/mol. The van der Waals surface area contributed by atoms with Gasteiger partial charge in [0.2, 0.25) is 0 Å². The van der Waals surface area contributed by atoms with Gasteiger partial charge >= 0.3 is 0 Å². The van der Waals surface area contributed by atoms with Gasteiger partial charge in [-0.3, -0.25) is 29.2 Å². The van der Waals surface area contributed by atoms with E-state index >= 15 is 9.59 Å². The number of nitrogens with one attached hydrogen (secondary N) is 1. The van der Waals surface area contributed by atoms with E-state index in [1.165, 1.54) is 6.42 Å². The summed E-state index contributed by atoms with van der Waals surface area (Å²) in [6, 6.07) is 0. The molecule has 6 rings (SSSR count). The zero-order valence-electron chi connectivity index (χ0n) is 21.7. The Hall–Kier alpha value is -0.790. The monoisotopic (exact) mass is 521 g/mol. The standard InChI is InChI=1S/C25H43N7O3S/c33-22-24(27-8-2-1-3-9-27,28-12-6-26-7-13-28)25(29-14-18-35-19-15-29,30-16-20-36-21-17-30)23(34)32(22)31-10-4-5-11-31/h26H,1-21H2. The number of thioether (sulfide) groups is 1. The van der Waals surface area contributed by atoms with E-state index in [0.717, 1.165) is 103 Å². The SMILES string of the molecule is O=C1N(N2CCCC2)C(=O)C(N2CCOCC2)(N2CCSCC2)C1(N1CCCCC1)N1CCNCC1. The van der Waals surface area contributed by atoms with Crippen LogP contribution in [0.5, 0.6) is 0 Å². The summed E-state index contributed by atoms with van der Waals surface area (Å²) in [5.74, 6) is 1.99. The van der Waals surface area contributed by atoms with Crippen molar-refractivity contribution in [2.75, 3.05) is 103 Å². The number of ether oxygens (including phenoxy) is 1. The minimum Gasteiger partial charge on any atom is -0.379 e. The van der Waals surface area contributed by atoms with Crippen molar-refractivity contribution in [2.45, 2.75) is 43.4 Å². The number of carbonyl (C=O) groups excluding carboxylic acids is 2. The Labute approximate surface area is 219 Å². The number of morpholine rings is 1. The van der Waals surface area contributed by atoms with Gasteiger partial charge in [-0.15, -0.1) is 0 Å². The molecular formula is C25H43N7O3S. The molecule has 0 radical (unpaired) electrons. The third kappa shape index (κ3) is 3.80. The van der Waals surface area contributed by atoms with E-state index in [2.05, 4.69) is 29.9 Å². The summed E-state index contributed by atoms with van der Waals surface area (Å²) in [5, 5.41) is 7.22. The summed E-state index contributed by atoms with van der Waals surface area (Å²) >= 11 is 1.96. The Morgan fingerprint density at radius 2 is 1.11 bits per heavy atom. The van der Waals surface area contributed by atoms with E-state index < -0.39 is 11.3 Å². The Morgan fingerprint density at radius 3 is 1.72 bits per heavy atom. The second-order valence-electron chi connectivity index (χ2n) is 10.9. The van der Waals surface area contributed by atoms with Crippen molar-refractivity contribution in [1.82, 2.24) is 34.9 Å². The van der Waals surface area contributed by atoms with Gasteiger partial charge in [-0.1, -0.05) is 6.42 Å². The molecule has 1 N–H and O–H groups in total. The highest BCUT2D eigenvalue weighted by Gasteiger charge is 2.79. The summed E-state index contributed by atoms with van der Waals surface area (Å²) < 4.78 is 5.82. The predicted molar refractivity (Wildman–Crippen MR) is 139 cm³/mol. The van der Waals surface area contributed by atoms with Crippen LogP contribution in [0.1, 0.15) is 32.1 Å². The summed E-state index contributed by atoms with van der Waals surface area (Å²) in [6.45, 7) is 10.8. The Balaban J connectivity index is 1.59. The minimum atomic E-state index is -1.04. The zero-order valence-corrected chi connectivity index (χ0v) is 22.5. The second kappa shape index (κ2) is 10.8. The number of rotatable bonds is 5. The molecule has 10 nitrogen and oxygen atoms in total. The lowest BCUT2D eigenvalue weighted by Gasteiger charge is -2.62. The van der Waals surface area contributed by atoms with Gasteiger partial charge in [-0.2, -0.15) is 11.8 Å². The summed E-state index contributed by atoms with van der Waals surface area (Å²) in [6.07, 6.45) is 5.41. The first kappa shape index (κ1) is 25.5. The first-order valence-electron chi connectivity index (χ1n) is 14.2. The number of hydrazine groups is 1. The zero-order chi connectivity index (χ0) is 24.6. The fraction of sp³-hybridized carbons (Fsp3) is 0.920. The van der Waals surface area contributed by atoms with Gasteiger partial charge in [0.15, 0.2) is 11.3 Å². The number of carbonyl (C=O) groups is 2. The third-order valence-corrected chi connectivity index (χ3v) is 10.1. The van der Waals surface area contributed by atoms with Gasteiger partial charge in [-0.05, 0) is 25.7 Å². The molecule has 0 bridgehead atoms. The molecule has 6 fully saturated rings. The molecule has 0 aromatic rings. The van der Waals surface area contributed by atoms with Crippen LogP contribution >= 0.6 is 11.8 Å². The molecule has 6 aliphatic heterocycles. The van der Waals surface area contributed by atoms with Crippen LogP contribution < -0.4 is 5.32 Å². The predicted octanol–water partition coefficient (Wildman–Crippen LogP) is -0.469. The maximum Gasteiger partial charge on any atom is 0.283 e. The molecule has 36 heavy (non-hydrogen) atoms.